The van der Waals surface area contributed by atoms with Crippen LogP contribution in [0.4, 0.5) is 14.5 Å². The van der Waals surface area contributed by atoms with Crippen LogP contribution in [0.15, 0.2) is 16.6 Å². The predicted molar refractivity (Wildman–Crippen MR) is 70.4 cm³/mol. The van der Waals surface area contributed by atoms with E-state index in [2.05, 4.69) is 26.6 Å². The van der Waals surface area contributed by atoms with Crippen LogP contribution in [0, 0.1) is 11.6 Å². The molecule has 1 amide bonds. The number of hydrogen-bond donors (Lipinski definition) is 2. The summed E-state index contributed by atoms with van der Waals surface area (Å²) in [7, 11) is 0. The molecule has 0 aliphatic rings. The molecule has 1 rings (SSSR count). The van der Waals surface area contributed by atoms with Gasteiger partial charge in [-0.25, -0.2) is 8.78 Å². The largest absolute Gasteiger partial charge is 0.322 e. The average Bonchev–Trinajstić information content (AvgIpc) is 2.22. The van der Waals surface area contributed by atoms with E-state index in [1.165, 1.54) is 0 Å². The van der Waals surface area contributed by atoms with Crippen molar-refractivity contribution in [1.29, 1.82) is 0 Å². The molecule has 0 bridgehead atoms. The van der Waals surface area contributed by atoms with Gasteiger partial charge in [0, 0.05) is 11.6 Å². The van der Waals surface area contributed by atoms with E-state index in [1.807, 2.05) is 20.8 Å². The second-order valence-electron chi connectivity index (χ2n) is 4.90. The molecule has 1 aromatic rings. The highest BCUT2D eigenvalue weighted by atomic mass is 79.9. The van der Waals surface area contributed by atoms with Crippen LogP contribution in [0.2, 0.25) is 0 Å². The minimum Gasteiger partial charge on any atom is -0.322 e. The van der Waals surface area contributed by atoms with Gasteiger partial charge in [-0.1, -0.05) is 0 Å². The van der Waals surface area contributed by atoms with Gasteiger partial charge in [-0.05, 0) is 42.8 Å². The fraction of sp³-hybridized carbons (Fsp3) is 0.417. The lowest BCUT2D eigenvalue weighted by atomic mass is 10.1. The van der Waals surface area contributed by atoms with Crippen molar-refractivity contribution < 1.29 is 13.6 Å². The summed E-state index contributed by atoms with van der Waals surface area (Å²) in [6.45, 7) is 5.74. The number of hydrogen-bond acceptors (Lipinski definition) is 2. The van der Waals surface area contributed by atoms with Gasteiger partial charge in [0.1, 0.15) is 11.6 Å². The van der Waals surface area contributed by atoms with Crippen molar-refractivity contribution in [2.24, 2.45) is 0 Å². The van der Waals surface area contributed by atoms with Gasteiger partial charge in [0.2, 0.25) is 5.91 Å². The Labute approximate surface area is 113 Å². The molecule has 0 fully saturated rings. The van der Waals surface area contributed by atoms with Crippen molar-refractivity contribution in [2.45, 2.75) is 26.3 Å². The van der Waals surface area contributed by atoms with Crippen LogP contribution in [0.25, 0.3) is 0 Å². The number of halogens is 3. The number of amides is 1. The predicted octanol–water partition coefficient (Wildman–Crippen LogP) is 3.05. The Morgan fingerprint density at radius 2 is 1.89 bits per heavy atom. The molecule has 0 saturated carbocycles. The molecule has 0 radical (unpaired) electrons. The summed E-state index contributed by atoms with van der Waals surface area (Å²) in [5.41, 5.74) is -0.391. The maximum Gasteiger partial charge on any atom is 0.238 e. The monoisotopic (exact) mass is 320 g/mol. The summed E-state index contributed by atoms with van der Waals surface area (Å²) in [5, 5.41) is 5.26. The number of benzene rings is 1. The number of rotatable bonds is 3. The molecule has 18 heavy (non-hydrogen) atoms. The normalized spacial score (nSPS) is 11.4. The molecule has 0 heterocycles. The van der Waals surface area contributed by atoms with Crippen LogP contribution in [0.5, 0.6) is 0 Å². The molecule has 3 nitrogen and oxygen atoms in total. The molecule has 100 valence electrons. The summed E-state index contributed by atoms with van der Waals surface area (Å²) >= 11 is 2.86. The van der Waals surface area contributed by atoms with Crippen molar-refractivity contribution in [3.8, 4) is 0 Å². The van der Waals surface area contributed by atoms with Crippen molar-refractivity contribution in [3.63, 3.8) is 0 Å². The number of nitrogens with one attached hydrogen (secondary N) is 2. The highest BCUT2D eigenvalue weighted by Gasteiger charge is 2.14. The second kappa shape index (κ2) is 5.75. The minimum atomic E-state index is -0.688. The van der Waals surface area contributed by atoms with E-state index in [4.69, 9.17) is 0 Å². The lowest BCUT2D eigenvalue weighted by Crippen LogP contribution is -2.41. The Kier molecular flexibility index (Phi) is 4.81. The average molecular weight is 321 g/mol. The molecule has 0 aliphatic heterocycles. The van der Waals surface area contributed by atoms with Gasteiger partial charge < -0.3 is 10.6 Å². The fourth-order valence-corrected chi connectivity index (χ4v) is 1.47. The van der Waals surface area contributed by atoms with E-state index in [9.17, 15) is 13.6 Å². The van der Waals surface area contributed by atoms with Crippen LogP contribution in [-0.2, 0) is 4.79 Å². The first-order valence-electron chi connectivity index (χ1n) is 5.38. The molecule has 0 aromatic heterocycles. The van der Waals surface area contributed by atoms with Gasteiger partial charge in [-0.2, -0.15) is 0 Å². The third-order valence-electron chi connectivity index (χ3n) is 2.06. The first kappa shape index (κ1) is 15.0. The zero-order valence-corrected chi connectivity index (χ0v) is 12.0. The van der Waals surface area contributed by atoms with E-state index in [0.717, 1.165) is 12.1 Å². The molecular weight excluding hydrogens is 306 g/mol. The van der Waals surface area contributed by atoms with Gasteiger partial charge in [-0.3, -0.25) is 4.79 Å². The quantitative estimate of drug-likeness (QED) is 0.840. The van der Waals surface area contributed by atoms with Gasteiger partial charge >= 0.3 is 0 Å². The zero-order valence-electron chi connectivity index (χ0n) is 10.4. The molecule has 1 aromatic carbocycles. The Morgan fingerprint density at radius 1 is 1.28 bits per heavy atom. The zero-order chi connectivity index (χ0) is 13.9. The van der Waals surface area contributed by atoms with E-state index < -0.39 is 17.5 Å². The first-order chi connectivity index (χ1) is 8.19. The number of carbonyl (C=O) groups is 1. The third kappa shape index (κ3) is 4.70. The minimum absolute atomic E-state index is 0.0193. The van der Waals surface area contributed by atoms with E-state index in [0.29, 0.717) is 0 Å². The molecule has 0 atom stereocenters. The van der Waals surface area contributed by atoms with Crippen molar-refractivity contribution in [1.82, 2.24) is 5.32 Å². The van der Waals surface area contributed by atoms with Crippen LogP contribution >= 0.6 is 15.9 Å². The smallest absolute Gasteiger partial charge is 0.238 e. The van der Waals surface area contributed by atoms with Gasteiger partial charge in [0.25, 0.3) is 0 Å². The second-order valence-corrected chi connectivity index (χ2v) is 5.75. The van der Waals surface area contributed by atoms with Crippen LogP contribution in [0.3, 0.4) is 0 Å². The Balaban J connectivity index is 2.68. The van der Waals surface area contributed by atoms with E-state index >= 15 is 0 Å². The van der Waals surface area contributed by atoms with Crippen LogP contribution in [0.1, 0.15) is 20.8 Å². The highest BCUT2D eigenvalue weighted by Crippen LogP contribution is 2.23. The topological polar surface area (TPSA) is 41.1 Å². The summed E-state index contributed by atoms with van der Waals surface area (Å²) in [6.07, 6.45) is 0. The number of anilines is 1. The fourth-order valence-electron chi connectivity index (χ4n) is 1.16. The lowest BCUT2D eigenvalue weighted by molar-refractivity contribution is -0.115. The molecular formula is C12H15BrF2N2O. The summed E-state index contributed by atoms with van der Waals surface area (Å²) in [6, 6.07) is 1.91. The van der Waals surface area contributed by atoms with Crippen LogP contribution in [-0.4, -0.2) is 18.0 Å². The molecule has 0 unspecified atom stereocenters. The maximum absolute atomic E-state index is 13.4. The van der Waals surface area contributed by atoms with Crippen molar-refractivity contribution >= 4 is 27.5 Å². The SMILES string of the molecule is CC(C)(C)NCC(=O)Nc1cc(F)c(Br)cc1F. The Bertz CT molecular complexity index is 458. The van der Waals surface area contributed by atoms with Crippen molar-refractivity contribution in [2.75, 3.05) is 11.9 Å². The van der Waals surface area contributed by atoms with Crippen molar-refractivity contribution in [3.05, 3.63) is 28.2 Å². The van der Waals surface area contributed by atoms with Gasteiger partial charge in [0.15, 0.2) is 0 Å². The molecule has 6 heteroatoms. The molecule has 0 saturated heterocycles. The first-order valence-corrected chi connectivity index (χ1v) is 6.18. The molecule has 2 N–H and O–H groups in total. The van der Waals surface area contributed by atoms with E-state index in [1.54, 1.807) is 0 Å². The van der Waals surface area contributed by atoms with Gasteiger partial charge in [-0.15, -0.1) is 0 Å². The molecule has 0 spiro atoms. The lowest BCUT2D eigenvalue weighted by Gasteiger charge is -2.20. The number of carbonyl (C=O) groups excluding carboxylic acids is 1. The Hall–Kier alpha value is -1.01. The molecule has 0 aliphatic carbocycles. The van der Waals surface area contributed by atoms with E-state index in [-0.39, 0.29) is 22.2 Å². The third-order valence-corrected chi connectivity index (χ3v) is 2.67. The Morgan fingerprint density at radius 3 is 2.44 bits per heavy atom. The highest BCUT2D eigenvalue weighted by molar-refractivity contribution is 9.10. The summed E-state index contributed by atoms with van der Waals surface area (Å²) < 4.78 is 26.7. The standard InChI is InChI=1S/C12H15BrF2N2O/c1-12(2,3)16-6-11(18)17-10-5-8(14)7(13)4-9(10)15/h4-5,16H,6H2,1-3H3,(H,17,18). The van der Waals surface area contributed by atoms with Crippen LogP contribution < -0.4 is 10.6 Å². The van der Waals surface area contributed by atoms with Gasteiger partial charge in [0.05, 0.1) is 16.7 Å². The summed E-state index contributed by atoms with van der Waals surface area (Å²) in [5.74, 6) is -1.74. The summed E-state index contributed by atoms with van der Waals surface area (Å²) in [4.78, 5) is 11.5. The maximum atomic E-state index is 13.4.